The van der Waals surface area contributed by atoms with E-state index < -0.39 is 6.10 Å². The van der Waals surface area contributed by atoms with E-state index in [-0.39, 0.29) is 5.91 Å². The van der Waals surface area contributed by atoms with Crippen molar-refractivity contribution in [3.63, 3.8) is 0 Å². The van der Waals surface area contributed by atoms with Gasteiger partial charge in [0.15, 0.2) is 0 Å². The SMILES string of the molecule is CN(C)C(=O)[C@H](O)Cc1ccccc1. The van der Waals surface area contributed by atoms with Crippen molar-refractivity contribution >= 4 is 5.91 Å². The summed E-state index contributed by atoms with van der Waals surface area (Å²) in [6, 6.07) is 9.48. The zero-order valence-electron chi connectivity index (χ0n) is 8.47. The Balaban J connectivity index is 2.57. The quantitative estimate of drug-likeness (QED) is 0.766. The van der Waals surface area contributed by atoms with Gasteiger partial charge in [-0.3, -0.25) is 4.79 Å². The number of nitrogens with zero attached hydrogens (tertiary/aromatic N) is 1. The second-order valence-corrected chi connectivity index (χ2v) is 3.44. The lowest BCUT2D eigenvalue weighted by Gasteiger charge is -2.15. The van der Waals surface area contributed by atoms with Gasteiger partial charge in [-0.25, -0.2) is 0 Å². The second kappa shape index (κ2) is 4.77. The molecule has 1 N–H and O–H groups in total. The first-order chi connectivity index (χ1) is 6.61. The molecule has 3 nitrogen and oxygen atoms in total. The van der Waals surface area contributed by atoms with Crippen molar-refractivity contribution in [2.45, 2.75) is 12.5 Å². The van der Waals surface area contributed by atoms with Gasteiger partial charge in [0.25, 0.3) is 5.91 Å². The van der Waals surface area contributed by atoms with Gasteiger partial charge < -0.3 is 10.0 Å². The molecule has 76 valence electrons. The molecule has 0 radical (unpaired) electrons. The van der Waals surface area contributed by atoms with Crippen LogP contribution in [-0.4, -0.2) is 36.1 Å². The zero-order chi connectivity index (χ0) is 10.6. The number of hydrogen-bond acceptors (Lipinski definition) is 2. The lowest BCUT2D eigenvalue weighted by Crippen LogP contribution is -2.34. The van der Waals surface area contributed by atoms with Gasteiger partial charge in [-0.05, 0) is 5.56 Å². The summed E-state index contributed by atoms with van der Waals surface area (Å²) in [5.74, 6) is -0.256. The first-order valence-corrected chi connectivity index (χ1v) is 4.54. The number of rotatable bonds is 3. The lowest BCUT2D eigenvalue weighted by molar-refractivity contribution is -0.137. The van der Waals surface area contributed by atoms with E-state index in [0.29, 0.717) is 6.42 Å². The molecule has 1 amide bonds. The molecule has 0 saturated carbocycles. The molecule has 1 atom stereocenters. The second-order valence-electron chi connectivity index (χ2n) is 3.44. The molecule has 0 bridgehead atoms. The summed E-state index contributed by atoms with van der Waals surface area (Å²) in [6.45, 7) is 0. The summed E-state index contributed by atoms with van der Waals surface area (Å²) in [5.41, 5.74) is 0.968. The minimum Gasteiger partial charge on any atom is -0.383 e. The molecule has 0 aliphatic carbocycles. The average molecular weight is 193 g/mol. The van der Waals surface area contributed by atoms with Crippen LogP contribution in [0.25, 0.3) is 0 Å². The van der Waals surface area contributed by atoms with E-state index in [1.54, 1.807) is 14.1 Å². The molecule has 14 heavy (non-hydrogen) atoms. The van der Waals surface area contributed by atoms with Crippen molar-refractivity contribution in [1.29, 1.82) is 0 Å². The van der Waals surface area contributed by atoms with E-state index in [4.69, 9.17) is 0 Å². The maximum Gasteiger partial charge on any atom is 0.251 e. The standard InChI is InChI=1S/C11H15NO2/c1-12(2)11(14)10(13)8-9-6-4-3-5-7-9/h3-7,10,13H,8H2,1-2H3/t10-/m1/s1. The number of carbonyl (C=O) groups is 1. The molecule has 1 rings (SSSR count). The summed E-state index contributed by atoms with van der Waals surface area (Å²) in [4.78, 5) is 12.7. The van der Waals surface area contributed by atoms with Crippen molar-refractivity contribution in [1.82, 2.24) is 4.90 Å². The van der Waals surface area contributed by atoms with Crippen LogP contribution in [0.5, 0.6) is 0 Å². The molecule has 3 heteroatoms. The Labute approximate surface area is 84.0 Å². The molecule has 0 unspecified atom stereocenters. The highest BCUT2D eigenvalue weighted by Gasteiger charge is 2.16. The third kappa shape index (κ3) is 2.85. The topological polar surface area (TPSA) is 40.5 Å². The largest absolute Gasteiger partial charge is 0.383 e. The highest BCUT2D eigenvalue weighted by molar-refractivity contribution is 5.80. The van der Waals surface area contributed by atoms with Crippen LogP contribution in [-0.2, 0) is 11.2 Å². The van der Waals surface area contributed by atoms with E-state index in [9.17, 15) is 9.90 Å². The Morgan fingerprint density at radius 1 is 1.36 bits per heavy atom. The van der Waals surface area contributed by atoms with Crippen LogP contribution in [0, 0.1) is 0 Å². The Bertz CT molecular complexity index is 295. The molecule has 1 aromatic rings. The Hall–Kier alpha value is -1.35. The van der Waals surface area contributed by atoms with E-state index in [1.165, 1.54) is 4.90 Å². The van der Waals surface area contributed by atoms with E-state index >= 15 is 0 Å². The van der Waals surface area contributed by atoms with Gasteiger partial charge in [0.05, 0.1) is 0 Å². The van der Waals surface area contributed by atoms with Crippen LogP contribution < -0.4 is 0 Å². The number of amides is 1. The molecule has 0 spiro atoms. The van der Waals surface area contributed by atoms with E-state index in [2.05, 4.69) is 0 Å². The summed E-state index contributed by atoms with van der Waals surface area (Å²) in [7, 11) is 3.27. The predicted octanol–water partition coefficient (Wildman–Crippen LogP) is 0.678. The first kappa shape index (κ1) is 10.7. The normalized spacial score (nSPS) is 12.2. The molecule has 0 aliphatic heterocycles. The maximum atomic E-state index is 11.3. The number of hydrogen-bond donors (Lipinski definition) is 1. The predicted molar refractivity (Wildman–Crippen MR) is 54.8 cm³/mol. The van der Waals surface area contributed by atoms with Gasteiger partial charge in [-0.2, -0.15) is 0 Å². The summed E-state index contributed by atoms with van der Waals surface area (Å²) in [6.07, 6.45) is -0.565. The molecule has 0 saturated heterocycles. The Morgan fingerprint density at radius 2 is 1.93 bits per heavy atom. The van der Waals surface area contributed by atoms with Crippen molar-refractivity contribution in [2.24, 2.45) is 0 Å². The average Bonchev–Trinajstić information content (AvgIpc) is 2.18. The van der Waals surface area contributed by atoms with Gasteiger partial charge >= 0.3 is 0 Å². The van der Waals surface area contributed by atoms with Crippen LogP contribution in [0.4, 0.5) is 0 Å². The molecular formula is C11H15NO2. The minimum absolute atomic E-state index is 0.256. The van der Waals surface area contributed by atoms with Gasteiger partial charge in [0, 0.05) is 20.5 Å². The molecule has 0 fully saturated rings. The van der Waals surface area contributed by atoms with E-state index in [1.807, 2.05) is 30.3 Å². The monoisotopic (exact) mass is 193 g/mol. The summed E-state index contributed by atoms with van der Waals surface area (Å²) >= 11 is 0. The molecule has 0 heterocycles. The van der Waals surface area contributed by atoms with Crippen molar-refractivity contribution in [2.75, 3.05) is 14.1 Å². The number of aliphatic hydroxyl groups excluding tert-OH is 1. The third-order valence-corrected chi connectivity index (χ3v) is 2.00. The molecule has 1 aromatic carbocycles. The van der Waals surface area contributed by atoms with Crippen molar-refractivity contribution in [3.05, 3.63) is 35.9 Å². The van der Waals surface area contributed by atoms with Crippen LogP contribution in [0.2, 0.25) is 0 Å². The van der Waals surface area contributed by atoms with Crippen LogP contribution in [0.1, 0.15) is 5.56 Å². The first-order valence-electron chi connectivity index (χ1n) is 4.54. The Kier molecular flexibility index (Phi) is 3.65. The maximum absolute atomic E-state index is 11.3. The number of aliphatic hydroxyl groups is 1. The molecular weight excluding hydrogens is 178 g/mol. The Morgan fingerprint density at radius 3 is 2.43 bits per heavy atom. The molecule has 0 aromatic heterocycles. The summed E-state index contributed by atoms with van der Waals surface area (Å²) < 4.78 is 0. The van der Waals surface area contributed by atoms with Crippen LogP contribution >= 0.6 is 0 Å². The van der Waals surface area contributed by atoms with Crippen molar-refractivity contribution < 1.29 is 9.90 Å². The van der Waals surface area contributed by atoms with E-state index in [0.717, 1.165) is 5.56 Å². The van der Waals surface area contributed by atoms with Crippen molar-refractivity contribution in [3.8, 4) is 0 Å². The van der Waals surface area contributed by atoms with Gasteiger partial charge in [-0.15, -0.1) is 0 Å². The zero-order valence-corrected chi connectivity index (χ0v) is 8.47. The molecule has 0 aliphatic rings. The van der Waals surface area contributed by atoms with Gasteiger partial charge in [0.1, 0.15) is 6.10 Å². The number of benzene rings is 1. The highest BCUT2D eigenvalue weighted by Crippen LogP contribution is 2.04. The smallest absolute Gasteiger partial charge is 0.251 e. The van der Waals surface area contributed by atoms with Gasteiger partial charge in [-0.1, -0.05) is 30.3 Å². The number of likely N-dealkylation sites (N-methyl/N-ethyl adjacent to an activating group) is 1. The fourth-order valence-corrected chi connectivity index (χ4v) is 1.22. The fraction of sp³-hybridized carbons (Fsp3) is 0.364. The fourth-order valence-electron chi connectivity index (χ4n) is 1.22. The van der Waals surface area contributed by atoms with Crippen LogP contribution in [0.15, 0.2) is 30.3 Å². The van der Waals surface area contributed by atoms with Crippen LogP contribution in [0.3, 0.4) is 0 Å². The van der Waals surface area contributed by atoms with Gasteiger partial charge in [0.2, 0.25) is 0 Å². The summed E-state index contributed by atoms with van der Waals surface area (Å²) in [5, 5.41) is 9.55. The third-order valence-electron chi connectivity index (χ3n) is 2.00. The lowest BCUT2D eigenvalue weighted by atomic mass is 10.1. The highest BCUT2D eigenvalue weighted by atomic mass is 16.3. The number of carbonyl (C=O) groups excluding carboxylic acids is 1. The minimum atomic E-state index is -0.938.